The first kappa shape index (κ1) is 50.9. The molecular formula is C43H75O11P. The molecule has 5 atom stereocenters. The van der Waals surface area contributed by atoms with Crippen molar-refractivity contribution in [3.8, 4) is 0 Å². The Hall–Kier alpha value is -2.14. The molecule has 0 aromatic carbocycles. The maximum absolute atomic E-state index is 12.5. The zero-order valence-electron chi connectivity index (χ0n) is 34.0. The number of ketones is 1. The quantitative estimate of drug-likeness (QED) is 0.0208. The number of aliphatic hydroxyl groups is 2. The lowest BCUT2D eigenvalue weighted by Gasteiger charge is -2.19. The summed E-state index contributed by atoms with van der Waals surface area (Å²) in [5.41, 5.74) is 0. The lowest BCUT2D eigenvalue weighted by molar-refractivity contribution is -0.161. The third-order valence-electron chi connectivity index (χ3n) is 10.0. The van der Waals surface area contributed by atoms with E-state index < -0.39 is 44.7 Å². The highest BCUT2D eigenvalue weighted by Crippen LogP contribution is 2.36. The Morgan fingerprint density at radius 1 is 0.764 bits per heavy atom. The largest absolute Gasteiger partial charge is 0.469 e. The predicted octanol–water partition coefficient (Wildman–Crippen LogP) is 9.55. The average molecular weight is 799 g/mol. The highest BCUT2D eigenvalue weighted by atomic mass is 31.2. The number of Topliss-reactive ketones (excluding diaryl/α,β-unsaturated/α-hetero) is 1. The van der Waals surface area contributed by atoms with Gasteiger partial charge in [0.1, 0.15) is 12.4 Å². The Balaban J connectivity index is 2.26. The first-order valence-electron chi connectivity index (χ1n) is 21.4. The van der Waals surface area contributed by atoms with Gasteiger partial charge in [0.15, 0.2) is 6.10 Å². The summed E-state index contributed by atoms with van der Waals surface area (Å²) in [6.07, 6.45) is 31.9. The van der Waals surface area contributed by atoms with Crippen molar-refractivity contribution in [3.05, 3.63) is 36.5 Å². The van der Waals surface area contributed by atoms with E-state index in [1.54, 1.807) is 12.2 Å². The van der Waals surface area contributed by atoms with Crippen molar-refractivity contribution in [2.45, 2.75) is 193 Å². The highest BCUT2D eigenvalue weighted by molar-refractivity contribution is 7.46. The summed E-state index contributed by atoms with van der Waals surface area (Å²) in [6.45, 7) is 3.35. The average Bonchev–Trinajstić information content (AvgIpc) is 3.41. The van der Waals surface area contributed by atoms with Crippen LogP contribution in [0.5, 0.6) is 0 Å². The number of esters is 2. The van der Waals surface area contributed by atoms with Gasteiger partial charge in [-0.05, 0) is 57.8 Å². The minimum absolute atomic E-state index is 0.0347. The summed E-state index contributed by atoms with van der Waals surface area (Å²) in [7, 11) is -4.82. The van der Waals surface area contributed by atoms with Crippen LogP contribution in [0.3, 0.4) is 0 Å². The molecule has 0 amide bonds. The van der Waals surface area contributed by atoms with E-state index in [1.165, 1.54) is 44.9 Å². The molecule has 55 heavy (non-hydrogen) atoms. The maximum Gasteiger partial charge on any atom is 0.469 e. The van der Waals surface area contributed by atoms with Crippen LogP contribution in [0.15, 0.2) is 36.5 Å². The molecule has 1 rings (SSSR count). The Morgan fingerprint density at radius 3 is 1.96 bits per heavy atom. The standard InChI is InChI=1S/C43H75O11P/c1-3-5-7-8-9-10-11-12-13-14-15-16-17-18-19-20-25-29-42(47)52-34-37(35-53-55(49,50)51)54-43(48)30-26-22-21-24-28-38-39(41(46)33-40(38)45)32-31-36(44)27-23-6-4-2/h9-10,12-13,31-32,36-39,41,44,46H,3-8,11,14-30,33-35H2,1-2H3,(H2,49,50,51)/b10-9-,13-12-,32-31+/t36-,37+,38+,39+,41+/m0/s1. The van der Waals surface area contributed by atoms with Gasteiger partial charge in [-0.2, -0.15) is 0 Å². The Kier molecular flexibility index (Phi) is 30.4. The van der Waals surface area contributed by atoms with Crippen LogP contribution in [0.1, 0.15) is 174 Å². The van der Waals surface area contributed by atoms with Gasteiger partial charge in [0, 0.05) is 31.1 Å². The van der Waals surface area contributed by atoms with Crippen LogP contribution in [0.2, 0.25) is 0 Å². The molecule has 0 aromatic heterocycles. The molecule has 0 bridgehead atoms. The van der Waals surface area contributed by atoms with Gasteiger partial charge in [-0.15, -0.1) is 0 Å². The molecule has 12 heteroatoms. The lowest BCUT2D eigenvalue weighted by atomic mass is 9.88. The fourth-order valence-electron chi connectivity index (χ4n) is 6.77. The second-order valence-electron chi connectivity index (χ2n) is 15.1. The van der Waals surface area contributed by atoms with Crippen LogP contribution < -0.4 is 0 Å². The molecular weight excluding hydrogens is 723 g/mol. The molecule has 11 nitrogen and oxygen atoms in total. The van der Waals surface area contributed by atoms with Gasteiger partial charge in [-0.3, -0.25) is 18.9 Å². The molecule has 0 unspecified atom stereocenters. The number of ether oxygens (including phenoxy) is 2. The summed E-state index contributed by atoms with van der Waals surface area (Å²) in [4.78, 5) is 55.6. The molecule has 0 saturated heterocycles. The summed E-state index contributed by atoms with van der Waals surface area (Å²) in [5.74, 6) is -1.61. The minimum atomic E-state index is -4.82. The van der Waals surface area contributed by atoms with E-state index in [-0.39, 0.29) is 43.5 Å². The molecule has 4 N–H and O–H groups in total. The normalized spacial score (nSPS) is 18.9. The summed E-state index contributed by atoms with van der Waals surface area (Å²) >= 11 is 0. The van der Waals surface area contributed by atoms with Gasteiger partial charge >= 0.3 is 19.8 Å². The van der Waals surface area contributed by atoms with Crippen molar-refractivity contribution in [3.63, 3.8) is 0 Å². The van der Waals surface area contributed by atoms with Gasteiger partial charge < -0.3 is 29.5 Å². The fourth-order valence-corrected chi connectivity index (χ4v) is 7.13. The molecule has 1 saturated carbocycles. The molecule has 0 aliphatic heterocycles. The van der Waals surface area contributed by atoms with Gasteiger partial charge in [0.2, 0.25) is 0 Å². The third kappa shape index (κ3) is 28.8. The van der Waals surface area contributed by atoms with Crippen molar-refractivity contribution in [1.82, 2.24) is 0 Å². The second kappa shape index (κ2) is 32.9. The van der Waals surface area contributed by atoms with Crippen LogP contribution >= 0.6 is 7.82 Å². The van der Waals surface area contributed by atoms with Crippen molar-refractivity contribution < 1.29 is 52.9 Å². The fraction of sp³-hybridized carbons (Fsp3) is 0.791. The smallest absolute Gasteiger partial charge is 0.462 e. The molecule has 1 fully saturated rings. The Morgan fingerprint density at radius 2 is 1.33 bits per heavy atom. The van der Waals surface area contributed by atoms with Crippen molar-refractivity contribution in [1.29, 1.82) is 0 Å². The van der Waals surface area contributed by atoms with Crippen molar-refractivity contribution in [2.75, 3.05) is 13.2 Å². The van der Waals surface area contributed by atoms with Crippen LogP contribution in [0, 0.1) is 11.8 Å². The van der Waals surface area contributed by atoms with E-state index in [2.05, 4.69) is 42.7 Å². The Labute approximate surface area is 332 Å². The molecule has 0 aromatic rings. The lowest BCUT2D eigenvalue weighted by Crippen LogP contribution is -2.29. The van der Waals surface area contributed by atoms with Gasteiger partial charge in [-0.1, -0.05) is 134 Å². The maximum atomic E-state index is 12.5. The first-order valence-corrected chi connectivity index (χ1v) is 22.9. The number of phosphoric acid groups is 1. The van der Waals surface area contributed by atoms with Crippen LogP contribution in [0.4, 0.5) is 0 Å². The highest BCUT2D eigenvalue weighted by Gasteiger charge is 2.39. The van der Waals surface area contributed by atoms with Crippen molar-refractivity contribution >= 4 is 25.5 Å². The zero-order chi connectivity index (χ0) is 40.6. The van der Waals surface area contributed by atoms with E-state index in [0.717, 1.165) is 64.2 Å². The van der Waals surface area contributed by atoms with Crippen LogP contribution in [-0.2, 0) is 32.9 Å². The third-order valence-corrected chi connectivity index (χ3v) is 10.5. The SMILES string of the molecule is CCCCC/C=C\C/C=C\CCCCCCCCCC(=O)OC[C@H](COP(=O)(O)O)OC(=O)CCCCCC[C@H]1C(=O)C[C@@H](O)[C@@H]1/C=C/[C@@H](O)CCCCC. The number of carbonyl (C=O) groups excluding carboxylic acids is 3. The predicted molar refractivity (Wildman–Crippen MR) is 217 cm³/mol. The van der Waals surface area contributed by atoms with Gasteiger partial charge in [0.25, 0.3) is 0 Å². The number of rotatable bonds is 35. The van der Waals surface area contributed by atoms with E-state index in [4.69, 9.17) is 19.3 Å². The molecule has 318 valence electrons. The molecule has 0 spiro atoms. The summed E-state index contributed by atoms with van der Waals surface area (Å²) < 4.78 is 26.4. The van der Waals surface area contributed by atoms with E-state index >= 15 is 0 Å². The van der Waals surface area contributed by atoms with Crippen LogP contribution in [-0.4, -0.2) is 69.2 Å². The Bertz CT molecular complexity index is 1150. The van der Waals surface area contributed by atoms with Crippen molar-refractivity contribution in [2.24, 2.45) is 11.8 Å². The summed E-state index contributed by atoms with van der Waals surface area (Å²) in [6, 6.07) is 0. The number of allylic oxidation sites excluding steroid dienone is 4. The van der Waals surface area contributed by atoms with Gasteiger partial charge in [0.05, 0.1) is 18.8 Å². The monoisotopic (exact) mass is 799 g/mol. The molecule has 1 aliphatic carbocycles. The topological polar surface area (TPSA) is 177 Å². The van der Waals surface area contributed by atoms with E-state index in [9.17, 15) is 29.2 Å². The van der Waals surface area contributed by atoms with Gasteiger partial charge in [-0.25, -0.2) is 4.57 Å². The number of phosphoric ester groups is 1. The van der Waals surface area contributed by atoms with E-state index in [1.807, 2.05) is 0 Å². The van der Waals surface area contributed by atoms with Crippen LogP contribution in [0.25, 0.3) is 0 Å². The first-order chi connectivity index (χ1) is 26.5. The number of hydrogen-bond donors (Lipinski definition) is 4. The number of aliphatic hydroxyl groups excluding tert-OH is 2. The molecule has 1 aliphatic rings. The second-order valence-corrected chi connectivity index (χ2v) is 16.3. The zero-order valence-corrected chi connectivity index (χ0v) is 34.9. The minimum Gasteiger partial charge on any atom is -0.462 e. The molecule has 0 heterocycles. The van der Waals surface area contributed by atoms with E-state index in [0.29, 0.717) is 32.1 Å². The summed E-state index contributed by atoms with van der Waals surface area (Å²) in [5, 5.41) is 20.6. The number of hydrogen-bond acceptors (Lipinski definition) is 9. The number of carbonyl (C=O) groups is 3. The number of unbranched alkanes of at least 4 members (excludes halogenated alkanes) is 15. The molecule has 0 radical (unpaired) electrons.